The second-order valence-corrected chi connectivity index (χ2v) is 12.4. The average Bonchev–Trinajstić information content (AvgIpc) is 2.88. The van der Waals surface area contributed by atoms with E-state index in [1.807, 2.05) is 45.9 Å². The molecule has 42 heavy (non-hydrogen) atoms. The van der Waals surface area contributed by atoms with Gasteiger partial charge in [0.1, 0.15) is 23.4 Å². The molecule has 0 aliphatic rings. The van der Waals surface area contributed by atoms with Gasteiger partial charge >= 0.3 is 6.09 Å². The Balaban J connectivity index is 2.60. The van der Waals surface area contributed by atoms with E-state index in [0.29, 0.717) is 6.54 Å². The van der Waals surface area contributed by atoms with Crippen LogP contribution in [0.2, 0.25) is 0 Å². The van der Waals surface area contributed by atoms with Crippen LogP contribution in [-0.4, -0.2) is 52.1 Å². The Bertz CT molecular complexity index is 1170. The van der Waals surface area contributed by atoms with Gasteiger partial charge in [0, 0.05) is 19.0 Å². The summed E-state index contributed by atoms with van der Waals surface area (Å²) in [7, 11) is 0. The summed E-state index contributed by atoms with van der Waals surface area (Å²) in [5, 5.41) is 15.6. The van der Waals surface area contributed by atoms with Crippen molar-refractivity contribution in [3.63, 3.8) is 0 Å². The molecule has 0 fully saturated rings. The molecule has 0 saturated carbocycles. The van der Waals surface area contributed by atoms with Crippen LogP contribution in [0.5, 0.6) is 5.75 Å². The third kappa shape index (κ3) is 11.4. The summed E-state index contributed by atoms with van der Waals surface area (Å²) < 4.78 is 5.52. The van der Waals surface area contributed by atoms with E-state index < -0.39 is 23.8 Å². The third-order valence-electron chi connectivity index (χ3n) is 6.87. The summed E-state index contributed by atoms with van der Waals surface area (Å²) >= 11 is 0. The number of aryl methyl sites for hydroxylation is 2. The first-order chi connectivity index (χ1) is 19.7. The lowest BCUT2D eigenvalue weighted by Gasteiger charge is -2.35. The topological polar surface area (TPSA) is 108 Å². The number of alkyl carbamates (subject to hydrolysis) is 1. The molecule has 0 aliphatic heterocycles. The van der Waals surface area contributed by atoms with Gasteiger partial charge in [-0.05, 0) is 83.7 Å². The summed E-state index contributed by atoms with van der Waals surface area (Å²) in [5.74, 6) is -0.522. The number of aromatic hydroxyl groups is 1. The Morgan fingerprint density at radius 1 is 0.929 bits per heavy atom. The van der Waals surface area contributed by atoms with Crippen molar-refractivity contribution in [1.29, 1.82) is 0 Å². The van der Waals surface area contributed by atoms with Gasteiger partial charge in [-0.2, -0.15) is 0 Å². The molecule has 232 valence electrons. The minimum absolute atomic E-state index is 0.107. The predicted octanol–water partition coefficient (Wildman–Crippen LogP) is 6.51. The molecule has 8 nitrogen and oxygen atoms in total. The summed E-state index contributed by atoms with van der Waals surface area (Å²) in [6.45, 7) is 15.5. The number of rotatable bonds is 14. The van der Waals surface area contributed by atoms with Gasteiger partial charge in [0.2, 0.25) is 11.8 Å². The number of nitrogens with one attached hydrogen (secondary N) is 2. The standard InChI is InChI=1S/C34H51N3O5/c1-9-10-11-12-13-20-37(30(31(39)35-23(2)3)28-21-24(4)14-15-25(28)5)32(40)29(36-33(41)42-34(6,7)8)22-26-16-18-27(38)19-17-26/h14-19,21,23,29-30,38H,9-13,20,22H2,1-8H3,(H,35,39)(H,36,41). The van der Waals surface area contributed by atoms with Gasteiger partial charge in [0.15, 0.2) is 0 Å². The highest BCUT2D eigenvalue weighted by Crippen LogP contribution is 2.28. The predicted molar refractivity (Wildman–Crippen MR) is 167 cm³/mol. The molecule has 2 aromatic rings. The molecule has 0 radical (unpaired) electrons. The lowest BCUT2D eigenvalue weighted by atomic mass is 9.95. The van der Waals surface area contributed by atoms with E-state index >= 15 is 0 Å². The number of hydrogen-bond acceptors (Lipinski definition) is 5. The molecule has 0 aliphatic carbocycles. The fraction of sp³-hybridized carbons (Fsp3) is 0.559. The molecule has 8 heteroatoms. The van der Waals surface area contributed by atoms with Crippen LogP contribution in [0, 0.1) is 13.8 Å². The number of carbonyl (C=O) groups excluding carboxylic acids is 3. The van der Waals surface area contributed by atoms with Crippen molar-refractivity contribution in [3.8, 4) is 5.75 Å². The zero-order valence-corrected chi connectivity index (χ0v) is 26.8. The van der Waals surface area contributed by atoms with E-state index in [2.05, 4.69) is 17.6 Å². The van der Waals surface area contributed by atoms with E-state index in [1.54, 1.807) is 49.9 Å². The van der Waals surface area contributed by atoms with E-state index in [0.717, 1.165) is 54.4 Å². The van der Waals surface area contributed by atoms with Crippen molar-refractivity contribution in [2.75, 3.05) is 6.54 Å². The molecule has 3 amide bonds. The summed E-state index contributed by atoms with van der Waals surface area (Å²) in [6.07, 6.45) is 4.34. The summed E-state index contributed by atoms with van der Waals surface area (Å²) in [5.41, 5.74) is 2.65. The minimum atomic E-state index is -1.00. The molecule has 0 spiro atoms. The number of ether oxygens (including phenoxy) is 1. The maximum atomic E-state index is 14.6. The van der Waals surface area contributed by atoms with E-state index in [9.17, 15) is 19.5 Å². The van der Waals surface area contributed by atoms with E-state index in [1.165, 1.54) is 0 Å². The highest BCUT2D eigenvalue weighted by atomic mass is 16.6. The third-order valence-corrected chi connectivity index (χ3v) is 6.87. The molecular weight excluding hydrogens is 530 g/mol. The highest BCUT2D eigenvalue weighted by Gasteiger charge is 2.37. The number of carbonyl (C=O) groups is 3. The number of unbranched alkanes of at least 4 members (excludes halogenated alkanes) is 4. The van der Waals surface area contributed by atoms with Crippen molar-refractivity contribution in [2.45, 2.75) is 118 Å². The maximum Gasteiger partial charge on any atom is 0.408 e. The number of phenolic OH excluding ortho intramolecular Hbond substituents is 1. The Morgan fingerprint density at radius 3 is 2.17 bits per heavy atom. The van der Waals surface area contributed by atoms with Crippen molar-refractivity contribution in [2.24, 2.45) is 0 Å². The number of amides is 3. The lowest BCUT2D eigenvalue weighted by Crippen LogP contribution is -2.54. The first-order valence-corrected chi connectivity index (χ1v) is 15.2. The largest absolute Gasteiger partial charge is 0.508 e. The molecule has 0 heterocycles. The molecule has 2 rings (SSSR count). The first-order valence-electron chi connectivity index (χ1n) is 15.2. The van der Waals surface area contributed by atoms with Crippen molar-refractivity contribution < 1.29 is 24.2 Å². The minimum Gasteiger partial charge on any atom is -0.508 e. The monoisotopic (exact) mass is 581 g/mol. The molecule has 2 unspecified atom stereocenters. The number of phenols is 1. The SMILES string of the molecule is CCCCCCCN(C(=O)C(Cc1ccc(O)cc1)NC(=O)OC(C)(C)C)C(C(=O)NC(C)C)c1cc(C)ccc1C. The first kappa shape index (κ1) is 34.7. The van der Waals surface area contributed by atoms with Crippen molar-refractivity contribution in [3.05, 3.63) is 64.7 Å². The van der Waals surface area contributed by atoms with Crippen LogP contribution in [0.3, 0.4) is 0 Å². The van der Waals surface area contributed by atoms with Crippen LogP contribution >= 0.6 is 0 Å². The lowest BCUT2D eigenvalue weighted by molar-refractivity contribution is -0.142. The van der Waals surface area contributed by atoms with Crippen LogP contribution in [0.25, 0.3) is 0 Å². The summed E-state index contributed by atoms with van der Waals surface area (Å²) in [4.78, 5) is 43.0. The molecular formula is C34H51N3O5. The number of hydrogen-bond donors (Lipinski definition) is 3. The summed E-state index contributed by atoms with van der Waals surface area (Å²) in [6, 6.07) is 10.4. The molecule has 2 atom stereocenters. The zero-order chi connectivity index (χ0) is 31.4. The van der Waals surface area contributed by atoms with Gasteiger partial charge < -0.3 is 25.4 Å². The van der Waals surface area contributed by atoms with Crippen LogP contribution in [0.15, 0.2) is 42.5 Å². The quantitative estimate of drug-likeness (QED) is 0.221. The second kappa shape index (κ2) is 16.2. The molecule has 2 aromatic carbocycles. The Hall–Kier alpha value is -3.55. The normalized spacial score (nSPS) is 12.9. The Morgan fingerprint density at radius 2 is 1.57 bits per heavy atom. The van der Waals surface area contributed by atoms with Gasteiger partial charge in [0.05, 0.1) is 0 Å². The molecule has 0 bridgehead atoms. The highest BCUT2D eigenvalue weighted by molar-refractivity contribution is 5.92. The fourth-order valence-corrected chi connectivity index (χ4v) is 4.84. The van der Waals surface area contributed by atoms with Crippen molar-refractivity contribution >= 4 is 17.9 Å². The Labute approximate surface area is 252 Å². The fourth-order valence-electron chi connectivity index (χ4n) is 4.84. The number of nitrogens with zero attached hydrogens (tertiary/aromatic N) is 1. The maximum absolute atomic E-state index is 14.6. The van der Waals surface area contributed by atoms with Gasteiger partial charge in [-0.1, -0.05) is 68.5 Å². The van der Waals surface area contributed by atoms with Gasteiger partial charge in [-0.3, -0.25) is 9.59 Å². The Kier molecular flexibility index (Phi) is 13.4. The molecule has 0 saturated heterocycles. The second-order valence-electron chi connectivity index (χ2n) is 12.4. The van der Waals surface area contributed by atoms with Gasteiger partial charge in [-0.15, -0.1) is 0 Å². The van der Waals surface area contributed by atoms with E-state index in [-0.39, 0.29) is 30.0 Å². The zero-order valence-electron chi connectivity index (χ0n) is 26.8. The van der Waals surface area contributed by atoms with Gasteiger partial charge in [-0.25, -0.2) is 4.79 Å². The van der Waals surface area contributed by atoms with Crippen LogP contribution in [0.1, 0.15) is 102 Å². The van der Waals surface area contributed by atoms with Crippen LogP contribution in [-0.2, 0) is 20.7 Å². The van der Waals surface area contributed by atoms with Crippen molar-refractivity contribution in [1.82, 2.24) is 15.5 Å². The van der Waals surface area contributed by atoms with Crippen LogP contribution in [0.4, 0.5) is 4.79 Å². The van der Waals surface area contributed by atoms with Crippen LogP contribution < -0.4 is 10.6 Å². The number of benzene rings is 2. The smallest absolute Gasteiger partial charge is 0.408 e. The average molecular weight is 582 g/mol. The molecule has 3 N–H and O–H groups in total. The van der Waals surface area contributed by atoms with Gasteiger partial charge in [0.25, 0.3) is 0 Å². The van der Waals surface area contributed by atoms with E-state index in [4.69, 9.17) is 4.74 Å². The molecule has 0 aromatic heterocycles.